The molecule has 1 fully saturated rings. The Morgan fingerprint density at radius 1 is 1.12 bits per heavy atom. The molecule has 1 aromatic carbocycles. The fourth-order valence-electron chi connectivity index (χ4n) is 3.44. The van der Waals surface area contributed by atoms with Gasteiger partial charge in [-0.3, -0.25) is 0 Å². The highest BCUT2D eigenvalue weighted by atomic mass is 32.2. The Morgan fingerprint density at radius 3 is 2.72 bits per heavy atom. The van der Waals surface area contributed by atoms with Gasteiger partial charge in [-0.1, -0.05) is 31.7 Å². The lowest BCUT2D eigenvalue weighted by Crippen LogP contribution is -2.29. The highest BCUT2D eigenvalue weighted by Crippen LogP contribution is 2.25. The predicted molar refractivity (Wildman–Crippen MR) is 103 cm³/mol. The topological polar surface area (TPSA) is 71.1 Å². The largest absolute Gasteiger partial charge is 0.316 e. The van der Waals surface area contributed by atoms with Crippen LogP contribution in [-0.4, -0.2) is 33.0 Å². The molecule has 0 unspecified atom stereocenters. The van der Waals surface area contributed by atoms with E-state index in [-0.39, 0.29) is 0 Å². The predicted octanol–water partition coefficient (Wildman–Crippen LogP) is 3.52. The highest BCUT2D eigenvalue weighted by Gasteiger charge is 2.18. The lowest BCUT2D eigenvalue weighted by molar-refractivity contribution is 0.424. The number of sulfonamides is 1. The van der Waals surface area contributed by atoms with Crippen molar-refractivity contribution in [3.05, 3.63) is 23.7 Å². The smallest absolute Gasteiger partial charge is 0.242 e. The van der Waals surface area contributed by atoms with Gasteiger partial charge in [-0.2, -0.15) is 0 Å². The second-order valence-corrected chi connectivity index (χ2v) is 9.36. The van der Waals surface area contributed by atoms with Gasteiger partial charge >= 0.3 is 0 Å². The Labute approximate surface area is 154 Å². The average Bonchev–Trinajstić information content (AvgIpc) is 2.93. The molecule has 1 heterocycles. The number of aromatic nitrogens is 1. The summed E-state index contributed by atoms with van der Waals surface area (Å²) in [6, 6.07) is 5.22. The molecule has 0 bridgehead atoms. The summed E-state index contributed by atoms with van der Waals surface area (Å²) in [4.78, 5) is 4.51. The van der Waals surface area contributed by atoms with Crippen molar-refractivity contribution in [1.82, 2.24) is 15.0 Å². The van der Waals surface area contributed by atoms with Gasteiger partial charge < -0.3 is 5.32 Å². The number of hydrogen-bond donors (Lipinski definition) is 2. The number of hydrogen-bond acceptors (Lipinski definition) is 5. The maximum Gasteiger partial charge on any atom is 0.242 e. The molecule has 0 saturated heterocycles. The van der Waals surface area contributed by atoms with Gasteiger partial charge in [0, 0.05) is 6.54 Å². The van der Waals surface area contributed by atoms with E-state index in [4.69, 9.17) is 0 Å². The van der Waals surface area contributed by atoms with E-state index in [9.17, 15) is 8.42 Å². The summed E-state index contributed by atoms with van der Waals surface area (Å²) in [5.74, 6) is 0.795. The van der Waals surface area contributed by atoms with Crippen molar-refractivity contribution in [3.8, 4) is 0 Å². The quantitative estimate of drug-likeness (QED) is 0.542. The van der Waals surface area contributed by atoms with Crippen LogP contribution in [0.1, 0.15) is 44.9 Å². The lowest BCUT2D eigenvalue weighted by atomic mass is 10.0. The van der Waals surface area contributed by atoms with Gasteiger partial charge in [0.05, 0.1) is 15.7 Å². The lowest BCUT2D eigenvalue weighted by Gasteiger charge is -2.14. The van der Waals surface area contributed by atoms with Crippen LogP contribution in [0.2, 0.25) is 0 Å². The average molecular weight is 382 g/mol. The fourth-order valence-corrected chi connectivity index (χ4v) is 5.79. The number of nitrogens with zero attached hydrogens (tertiary/aromatic N) is 1. The molecular formula is C18H27N3O2S2. The van der Waals surface area contributed by atoms with Crippen molar-refractivity contribution in [1.29, 1.82) is 0 Å². The Bertz CT molecular complexity index is 765. The molecule has 5 nitrogen and oxygen atoms in total. The number of fused-ring (bicyclic) bond motifs is 1. The third-order valence-corrected chi connectivity index (χ3v) is 7.35. The summed E-state index contributed by atoms with van der Waals surface area (Å²) in [6.45, 7) is 2.37. The summed E-state index contributed by atoms with van der Waals surface area (Å²) in [6.07, 6.45) is 8.93. The number of rotatable bonds is 8. The van der Waals surface area contributed by atoms with Crippen molar-refractivity contribution < 1.29 is 8.42 Å². The fraction of sp³-hybridized carbons (Fsp3) is 0.611. The van der Waals surface area contributed by atoms with Gasteiger partial charge in [-0.05, 0) is 50.4 Å². The molecule has 2 N–H and O–H groups in total. The minimum absolute atomic E-state index is 0.332. The standard InChI is InChI=1S/C18H27N3O2S2/c22-25(23,17-10-5-9-16-18(17)24-14-20-16)21-12-6-11-19-13-15-7-3-1-2-4-8-15/h5,9-10,14-15,19,21H,1-4,6-8,11-13H2. The maximum atomic E-state index is 12.5. The third-order valence-electron chi connectivity index (χ3n) is 4.84. The Hall–Kier alpha value is -1.02. The normalized spacial score (nSPS) is 17.0. The Balaban J connectivity index is 1.41. The van der Waals surface area contributed by atoms with Crippen molar-refractivity contribution in [2.75, 3.05) is 19.6 Å². The van der Waals surface area contributed by atoms with Crippen LogP contribution in [0.5, 0.6) is 0 Å². The zero-order valence-electron chi connectivity index (χ0n) is 14.5. The Morgan fingerprint density at radius 2 is 1.92 bits per heavy atom. The first kappa shape index (κ1) is 18.8. The molecule has 0 aliphatic heterocycles. The molecule has 1 aliphatic rings. The van der Waals surface area contributed by atoms with Crippen LogP contribution in [-0.2, 0) is 10.0 Å². The molecule has 2 aromatic rings. The van der Waals surface area contributed by atoms with Crippen LogP contribution in [0.4, 0.5) is 0 Å². The summed E-state index contributed by atoms with van der Waals surface area (Å²) in [5, 5.41) is 3.49. The first-order chi connectivity index (χ1) is 12.2. The third kappa shape index (κ3) is 5.23. The van der Waals surface area contributed by atoms with E-state index >= 15 is 0 Å². The molecule has 0 atom stereocenters. The second-order valence-electron chi connectivity index (χ2n) is 6.77. The van der Waals surface area contributed by atoms with Gasteiger partial charge in [-0.15, -0.1) is 11.3 Å². The molecule has 1 aliphatic carbocycles. The first-order valence-electron chi connectivity index (χ1n) is 9.19. The summed E-state index contributed by atoms with van der Waals surface area (Å²) < 4.78 is 28.5. The number of nitrogens with one attached hydrogen (secondary N) is 2. The van der Waals surface area contributed by atoms with E-state index in [0.717, 1.165) is 35.6 Å². The van der Waals surface area contributed by atoms with Gasteiger partial charge in [0.1, 0.15) is 4.90 Å². The number of thiazole rings is 1. The van der Waals surface area contributed by atoms with Gasteiger partial charge in [0.25, 0.3) is 0 Å². The van der Waals surface area contributed by atoms with E-state index in [1.165, 1.54) is 49.9 Å². The molecule has 1 aromatic heterocycles. The van der Waals surface area contributed by atoms with Crippen LogP contribution in [0, 0.1) is 5.92 Å². The van der Waals surface area contributed by atoms with Crippen LogP contribution in [0.3, 0.4) is 0 Å². The molecule has 138 valence electrons. The van der Waals surface area contributed by atoms with Crippen LogP contribution in [0.25, 0.3) is 10.2 Å². The molecule has 25 heavy (non-hydrogen) atoms. The van der Waals surface area contributed by atoms with Crippen molar-refractivity contribution >= 4 is 31.6 Å². The monoisotopic (exact) mass is 381 g/mol. The molecule has 0 radical (unpaired) electrons. The van der Waals surface area contributed by atoms with Crippen LogP contribution >= 0.6 is 11.3 Å². The molecule has 3 rings (SSSR count). The van der Waals surface area contributed by atoms with Crippen molar-refractivity contribution in [3.63, 3.8) is 0 Å². The van der Waals surface area contributed by atoms with Crippen molar-refractivity contribution in [2.45, 2.75) is 49.8 Å². The molecular weight excluding hydrogens is 354 g/mol. The van der Waals surface area contributed by atoms with E-state index in [0.29, 0.717) is 11.4 Å². The SMILES string of the molecule is O=S(=O)(NCCCNCC1CCCCCC1)c1cccc2ncsc12. The second kappa shape index (κ2) is 9.07. The molecule has 0 spiro atoms. The van der Waals surface area contributed by atoms with Crippen LogP contribution < -0.4 is 10.0 Å². The minimum Gasteiger partial charge on any atom is -0.316 e. The van der Waals surface area contributed by atoms with E-state index in [1.807, 2.05) is 6.07 Å². The zero-order chi connectivity index (χ0) is 17.5. The maximum absolute atomic E-state index is 12.5. The van der Waals surface area contributed by atoms with Gasteiger partial charge in [0.15, 0.2) is 0 Å². The highest BCUT2D eigenvalue weighted by molar-refractivity contribution is 7.90. The molecule has 1 saturated carbocycles. The molecule has 0 amide bonds. The number of benzene rings is 1. The zero-order valence-corrected chi connectivity index (χ0v) is 16.2. The summed E-state index contributed by atoms with van der Waals surface area (Å²) >= 11 is 1.36. The van der Waals surface area contributed by atoms with Gasteiger partial charge in [-0.25, -0.2) is 18.1 Å². The van der Waals surface area contributed by atoms with Crippen LogP contribution in [0.15, 0.2) is 28.6 Å². The summed E-state index contributed by atoms with van der Waals surface area (Å²) in [5.41, 5.74) is 2.42. The van der Waals surface area contributed by atoms with Gasteiger partial charge in [0.2, 0.25) is 10.0 Å². The van der Waals surface area contributed by atoms with Crippen molar-refractivity contribution in [2.24, 2.45) is 5.92 Å². The summed E-state index contributed by atoms with van der Waals surface area (Å²) in [7, 11) is -3.48. The van der Waals surface area contributed by atoms with E-state index in [1.54, 1.807) is 17.6 Å². The van der Waals surface area contributed by atoms with E-state index in [2.05, 4.69) is 15.0 Å². The Kier molecular flexibility index (Phi) is 6.81. The first-order valence-corrected chi connectivity index (χ1v) is 11.6. The van der Waals surface area contributed by atoms with E-state index < -0.39 is 10.0 Å². The molecule has 7 heteroatoms. The minimum atomic E-state index is -3.48.